The Morgan fingerprint density at radius 1 is 1.45 bits per heavy atom. The van der Waals surface area contributed by atoms with Crippen molar-refractivity contribution in [3.05, 3.63) is 18.5 Å². The normalized spacial score (nSPS) is 23.4. The van der Waals surface area contributed by atoms with Gasteiger partial charge in [-0.25, -0.2) is 9.97 Å². The zero-order valence-electron chi connectivity index (χ0n) is 16.9. The third-order valence-corrected chi connectivity index (χ3v) is 5.12. The first-order valence-corrected chi connectivity index (χ1v) is 10.2. The Labute approximate surface area is 183 Å². The Kier molecular flexibility index (Phi) is 7.80. The van der Waals surface area contributed by atoms with Crippen LogP contribution in [0.4, 0.5) is 5.95 Å². The fourth-order valence-corrected chi connectivity index (χ4v) is 3.33. The molecule has 2 aromatic heterocycles. The zero-order chi connectivity index (χ0) is 22.5. The van der Waals surface area contributed by atoms with Crippen molar-refractivity contribution in [2.45, 2.75) is 49.0 Å². The maximum atomic E-state index is 11.7. The van der Waals surface area contributed by atoms with Gasteiger partial charge in [-0.2, -0.15) is 4.98 Å². The molecule has 3 rings (SSSR count). The molecule has 0 radical (unpaired) electrons. The Balaban J connectivity index is 1.61. The number of imidazole rings is 1. The fraction of sp³-hybridized carbons (Fsp3) is 0.556. The van der Waals surface area contributed by atoms with Crippen LogP contribution < -0.4 is 16.4 Å². The average Bonchev–Trinajstić information content (AvgIpc) is 3.32. The fourth-order valence-electron chi connectivity index (χ4n) is 3.08. The van der Waals surface area contributed by atoms with Crippen molar-refractivity contribution >= 4 is 35.6 Å². The van der Waals surface area contributed by atoms with Crippen LogP contribution in [-0.4, -0.2) is 84.8 Å². The maximum Gasteiger partial charge on any atom is 0.239 e. The lowest BCUT2D eigenvalue weighted by atomic mass is 10.2. The monoisotopic (exact) mass is 453 g/mol. The lowest BCUT2D eigenvalue weighted by Gasteiger charge is -2.16. The number of nitrogens with one attached hydrogen (secondary N) is 2. The van der Waals surface area contributed by atoms with Crippen molar-refractivity contribution in [2.75, 3.05) is 25.0 Å². The van der Waals surface area contributed by atoms with Crippen LogP contribution in [0.1, 0.15) is 19.6 Å². The van der Waals surface area contributed by atoms with Gasteiger partial charge in [0.15, 0.2) is 11.9 Å². The Bertz CT molecular complexity index is 937. The minimum absolute atomic E-state index is 0.183. The van der Waals surface area contributed by atoms with Gasteiger partial charge in [0.25, 0.3) is 0 Å². The first-order valence-electron chi connectivity index (χ1n) is 9.80. The lowest BCUT2D eigenvalue weighted by Crippen LogP contribution is -2.47. The number of thiol groups is 1. The average molecular weight is 454 g/mol. The molecule has 0 spiro atoms. The summed E-state index contributed by atoms with van der Waals surface area (Å²) in [5, 5.41) is 34.8. The highest BCUT2D eigenvalue weighted by Gasteiger charge is 2.36. The molecule has 0 aromatic carbocycles. The van der Waals surface area contributed by atoms with E-state index in [0.29, 0.717) is 35.1 Å². The highest BCUT2D eigenvalue weighted by Crippen LogP contribution is 2.31. The first kappa shape index (κ1) is 23.4. The van der Waals surface area contributed by atoms with Crippen molar-refractivity contribution in [1.29, 1.82) is 0 Å². The van der Waals surface area contributed by atoms with E-state index >= 15 is 0 Å². The standard InChI is InChI=1S/C18H27N7O5S/c1-9(27)12(19)15(29)20-4-2-3-5-21-18-23-14-13(16(31)24-18)22-8-25(14)17-11(28)6-10(7-26)30-17/h2-3,8-12,17,26-28H,4-7,19H2,1H3,(H,20,29)(H2,21,23,24,31)/b3-2+/t9?,10-,11?,12?,17+/m0/s1. The molecule has 2 aromatic rings. The maximum absolute atomic E-state index is 11.7. The molecule has 13 heteroatoms. The second kappa shape index (κ2) is 10.3. The van der Waals surface area contributed by atoms with Gasteiger partial charge >= 0.3 is 0 Å². The van der Waals surface area contributed by atoms with Crippen molar-refractivity contribution < 1.29 is 24.9 Å². The van der Waals surface area contributed by atoms with E-state index < -0.39 is 36.5 Å². The second-order valence-corrected chi connectivity index (χ2v) is 7.62. The van der Waals surface area contributed by atoms with Gasteiger partial charge in [0, 0.05) is 19.5 Å². The highest BCUT2D eigenvalue weighted by molar-refractivity contribution is 7.80. The van der Waals surface area contributed by atoms with Crippen molar-refractivity contribution in [2.24, 2.45) is 5.73 Å². The van der Waals surface area contributed by atoms with Crippen LogP contribution in [0.2, 0.25) is 0 Å². The molecule has 3 unspecified atom stereocenters. The van der Waals surface area contributed by atoms with Crippen LogP contribution in [0.15, 0.2) is 23.5 Å². The Hall–Kier alpha value is -2.29. The number of amides is 1. The van der Waals surface area contributed by atoms with Crippen LogP contribution in [0.5, 0.6) is 0 Å². The molecular weight excluding hydrogens is 426 g/mol. The van der Waals surface area contributed by atoms with Gasteiger partial charge in [0.05, 0.1) is 25.1 Å². The summed E-state index contributed by atoms with van der Waals surface area (Å²) in [6, 6.07) is -0.972. The topological polar surface area (TPSA) is 181 Å². The van der Waals surface area contributed by atoms with Crippen molar-refractivity contribution in [3.8, 4) is 0 Å². The van der Waals surface area contributed by atoms with Crippen molar-refractivity contribution in [1.82, 2.24) is 24.8 Å². The molecule has 1 fully saturated rings. The number of rotatable bonds is 9. The largest absolute Gasteiger partial charge is 0.394 e. The summed E-state index contributed by atoms with van der Waals surface area (Å²) in [4.78, 5) is 24.6. The van der Waals surface area contributed by atoms with Gasteiger partial charge in [0.2, 0.25) is 11.9 Å². The number of aromatic nitrogens is 4. The second-order valence-electron chi connectivity index (χ2n) is 7.19. The van der Waals surface area contributed by atoms with Gasteiger partial charge in [-0.3, -0.25) is 9.36 Å². The molecule has 0 bridgehead atoms. The molecule has 0 aliphatic carbocycles. The molecule has 1 aliphatic heterocycles. The number of aliphatic hydroxyl groups is 3. The van der Waals surface area contributed by atoms with Gasteiger partial charge < -0.3 is 36.4 Å². The summed E-state index contributed by atoms with van der Waals surface area (Å²) < 4.78 is 7.27. The number of aliphatic hydroxyl groups excluding tert-OH is 3. The Morgan fingerprint density at radius 3 is 2.87 bits per heavy atom. The number of ether oxygens (including phenoxy) is 1. The molecule has 12 nitrogen and oxygen atoms in total. The molecule has 0 saturated carbocycles. The molecule has 1 amide bonds. The highest BCUT2D eigenvalue weighted by atomic mass is 32.1. The Morgan fingerprint density at radius 2 is 2.19 bits per heavy atom. The zero-order valence-corrected chi connectivity index (χ0v) is 17.8. The van der Waals surface area contributed by atoms with E-state index in [-0.39, 0.29) is 13.2 Å². The number of nitrogens with two attached hydrogens (primary N) is 1. The molecule has 7 N–H and O–H groups in total. The smallest absolute Gasteiger partial charge is 0.239 e. The summed E-state index contributed by atoms with van der Waals surface area (Å²) in [7, 11) is 0. The van der Waals surface area contributed by atoms with E-state index in [1.807, 2.05) is 0 Å². The number of hydrogen-bond acceptors (Lipinski definition) is 11. The van der Waals surface area contributed by atoms with Gasteiger partial charge in [-0.05, 0) is 6.92 Å². The van der Waals surface area contributed by atoms with Gasteiger partial charge in [-0.1, -0.05) is 12.2 Å². The molecule has 1 aliphatic rings. The molecule has 1 saturated heterocycles. The molecule has 31 heavy (non-hydrogen) atoms. The number of hydrogen-bond donors (Lipinski definition) is 7. The molecule has 170 valence electrons. The van der Waals surface area contributed by atoms with Crippen LogP contribution in [0, 0.1) is 0 Å². The lowest BCUT2D eigenvalue weighted by molar-refractivity contribution is -0.124. The predicted octanol–water partition coefficient (Wildman–Crippen LogP) is -1.45. The number of fused-ring (bicyclic) bond motifs is 1. The minimum atomic E-state index is -0.972. The van der Waals surface area contributed by atoms with Crippen LogP contribution in [0.3, 0.4) is 0 Å². The van der Waals surface area contributed by atoms with Crippen LogP contribution >= 0.6 is 12.6 Å². The number of anilines is 1. The quantitative estimate of drug-likeness (QED) is 0.135. The third-order valence-electron chi connectivity index (χ3n) is 4.81. The van der Waals surface area contributed by atoms with Gasteiger partial charge in [-0.15, -0.1) is 12.6 Å². The summed E-state index contributed by atoms with van der Waals surface area (Å²) >= 11 is 4.36. The van der Waals surface area contributed by atoms with E-state index in [4.69, 9.17) is 10.5 Å². The van der Waals surface area contributed by atoms with Crippen LogP contribution in [-0.2, 0) is 9.53 Å². The number of carbonyl (C=O) groups is 1. The van der Waals surface area contributed by atoms with Gasteiger partial charge in [0.1, 0.15) is 22.7 Å². The van der Waals surface area contributed by atoms with E-state index in [9.17, 15) is 20.1 Å². The molecule has 3 heterocycles. The number of nitrogens with zero attached hydrogens (tertiary/aromatic N) is 4. The van der Waals surface area contributed by atoms with E-state index in [0.717, 1.165) is 0 Å². The third kappa shape index (κ3) is 5.50. The SMILES string of the molecule is CC(O)C(N)C(=O)NC/C=C/CNc1nc(S)c2ncn([C@@H]3O[C@H](CO)CC3O)c2n1. The van der Waals surface area contributed by atoms with E-state index in [1.54, 1.807) is 16.7 Å². The summed E-state index contributed by atoms with van der Waals surface area (Å²) in [5.41, 5.74) is 6.44. The first-order chi connectivity index (χ1) is 14.8. The summed E-state index contributed by atoms with van der Waals surface area (Å²) in [6.07, 6.45) is 2.42. The van der Waals surface area contributed by atoms with E-state index in [1.165, 1.54) is 13.3 Å². The summed E-state index contributed by atoms with van der Waals surface area (Å²) in [5.74, 6) is -0.135. The molecule has 5 atom stereocenters. The predicted molar refractivity (Wildman–Crippen MR) is 114 cm³/mol. The van der Waals surface area contributed by atoms with Crippen molar-refractivity contribution in [3.63, 3.8) is 0 Å². The minimum Gasteiger partial charge on any atom is -0.394 e. The van der Waals surface area contributed by atoms with Crippen LogP contribution in [0.25, 0.3) is 11.2 Å². The number of carbonyl (C=O) groups excluding carboxylic acids is 1. The van der Waals surface area contributed by atoms with E-state index in [2.05, 4.69) is 38.2 Å². The summed E-state index contributed by atoms with van der Waals surface area (Å²) in [6.45, 7) is 1.90. The molecular formula is C18H27N7O5S.